The summed E-state index contributed by atoms with van der Waals surface area (Å²) >= 11 is 3.60. The molecule has 0 saturated heterocycles. The van der Waals surface area contributed by atoms with Gasteiger partial charge in [0.15, 0.2) is 0 Å². The Bertz CT molecular complexity index is 529. The van der Waals surface area contributed by atoms with Crippen molar-refractivity contribution in [2.75, 3.05) is 13.2 Å². The lowest BCUT2D eigenvalue weighted by Gasteiger charge is -2.30. The summed E-state index contributed by atoms with van der Waals surface area (Å²) in [5.74, 6) is -0.0179. The van der Waals surface area contributed by atoms with E-state index in [-0.39, 0.29) is 23.2 Å². The fraction of sp³-hybridized carbons (Fsp3) is 0.579. The summed E-state index contributed by atoms with van der Waals surface area (Å²) in [6, 6.07) is 9.76. The number of esters is 1. The van der Waals surface area contributed by atoms with E-state index in [1.807, 2.05) is 30.3 Å². The van der Waals surface area contributed by atoms with Crippen LogP contribution in [0, 0.1) is 5.92 Å². The first-order valence-corrected chi connectivity index (χ1v) is 9.65. The van der Waals surface area contributed by atoms with Crippen molar-refractivity contribution in [3.63, 3.8) is 0 Å². The molecule has 4 nitrogen and oxygen atoms in total. The minimum absolute atomic E-state index is 0.00358. The molecule has 1 aromatic rings. The number of alkyl halides is 1. The number of halogens is 1. The summed E-state index contributed by atoms with van der Waals surface area (Å²) in [6.45, 7) is 2.52. The summed E-state index contributed by atoms with van der Waals surface area (Å²) in [5.41, 5.74) is 1.01. The average molecular weight is 396 g/mol. The van der Waals surface area contributed by atoms with E-state index in [4.69, 9.17) is 4.74 Å². The Kier molecular flexibility index (Phi) is 7.76. The Morgan fingerprint density at radius 1 is 1.21 bits per heavy atom. The van der Waals surface area contributed by atoms with Gasteiger partial charge < -0.3 is 9.64 Å². The Morgan fingerprint density at radius 2 is 1.88 bits per heavy atom. The van der Waals surface area contributed by atoms with Crippen LogP contribution in [0.2, 0.25) is 0 Å². The molecule has 1 atom stereocenters. The highest BCUT2D eigenvalue weighted by molar-refractivity contribution is 9.10. The molecule has 1 unspecified atom stereocenters. The van der Waals surface area contributed by atoms with E-state index in [0.717, 1.165) is 18.4 Å². The summed E-state index contributed by atoms with van der Waals surface area (Å²) in [5, 5.41) is 0. The lowest BCUT2D eigenvalue weighted by molar-refractivity contribution is -0.149. The molecule has 1 saturated carbocycles. The molecule has 0 heterocycles. The molecule has 2 rings (SSSR count). The second kappa shape index (κ2) is 9.82. The van der Waals surface area contributed by atoms with Crippen molar-refractivity contribution in [1.82, 2.24) is 4.90 Å². The molecule has 0 N–H and O–H groups in total. The molecule has 1 amide bonds. The lowest BCUT2D eigenvalue weighted by atomic mass is 9.86. The van der Waals surface area contributed by atoms with Crippen LogP contribution in [0.15, 0.2) is 30.3 Å². The first-order valence-electron chi connectivity index (χ1n) is 8.74. The zero-order valence-corrected chi connectivity index (χ0v) is 15.8. The number of benzene rings is 1. The van der Waals surface area contributed by atoms with Crippen LogP contribution in [-0.4, -0.2) is 34.8 Å². The number of rotatable bonds is 7. The molecular formula is C19H26BrNO3. The van der Waals surface area contributed by atoms with Gasteiger partial charge in [0.2, 0.25) is 5.91 Å². The number of ether oxygens (including phenoxy) is 1. The van der Waals surface area contributed by atoms with Crippen LogP contribution in [0.3, 0.4) is 0 Å². The van der Waals surface area contributed by atoms with Gasteiger partial charge in [-0.05, 0) is 31.2 Å². The topological polar surface area (TPSA) is 46.6 Å². The number of hydrogen-bond acceptors (Lipinski definition) is 3. The van der Waals surface area contributed by atoms with E-state index >= 15 is 0 Å². The fourth-order valence-electron chi connectivity index (χ4n) is 3.18. The van der Waals surface area contributed by atoms with Crippen molar-refractivity contribution in [2.45, 2.75) is 50.4 Å². The molecule has 132 valence electrons. The Morgan fingerprint density at radius 3 is 2.50 bits per heavy atom. The van der Waals surface area contributed by atoms with Crippen LogP contribution in [0.4, 0.5) is 0 Å². The van der Waals surface area contributed by atoms with Gasteiger partial charge in [-0.3, -0.25) is 9.59 Å². The average Bonchev–Trinajstić information content (AvgIpc) is 2.62. The molecule has 1 fully saturated rings. The van der Waals surface area contributed by atoms with Crippen LogP contribution in [0.5, 0.6) is 0 Å². The molecule has 0 bridgehead atoms. The lowest BCUT2D eigenvalue weighted by Crippen LogP contribution is -2.42. The van der Waals surface area contributed by atoms with Crippen molar-refractivity contribution in [2.24, 2.45) is 5.92 Å². The third-order valence-electron chi connectivity index (χ3n) is 4.45. The second-order valence-electron chi connectivity index (χ2n) is 6.28. The molecule has 0 aliphatic heterocycles. The van der Waals surface area contributed by atoms with Gasteiger partial charge in [0.1, 0.15) is 6.54 Å². The monoisotopic (exact) mass is 395 g/mol. The first-order chi connectivity index (χ1) is 11.6. The number of carbonyl (C=O) groups excluding carboxylic acids is 2. The van der Waals surface area contributed by atoms with Crippen LogP contribution in [0.25, 0.3) is 0 Å². The van der Waals surface area contributed by atoms with Gasteiger partial charge in [-0.2, -0.15) is 0 Å². The fourth-order valence-corrected chi connectivity index (χ4v) is 4.00. The second-order valence-corrected chi connectivity index (χ2v) is 7.27. The number of nitrogens with zero attached hydrogens (tertiary/aromatic N) is 1. The van der Waals surface area contributed by atoms with E-state index in [9.17, 15) is 9.59 Å². The third kappa shape index (κ3) is 5.62. The van der Waals surface area contributed by atoms with Crippen molar-refractivity contribution in [3.8, 4) is 0 Å². The maximum absolute atomic E-state index is 13.0. The maximum atomic E-state index is 13.0. The van der Waals surface area contributed by atoms with Gasteiger partial charge in [0, 0.05) is 6.54 Å². The van der Waals surface area contributed by atoms with Gasteiger partial charge in [-0.15, -0.1) is 0 Å². The summed E-state index contributed by atoms with van der Waals surface area (Å²) in [4.78, 5) is 26.3. The molecule has 0 radical (unpaired) electrons. The number of carbonyl (C=O) groups is 2. The van der Waals surface area contributed by atoms with Crippen LogP contribution in [-0.2, 0) is 20.9 Å². The standard InChI is InChI=1S/C19H26BrNO3/c1-2-24-17(22)14-21(13-15-9-5-3-6-10-15)19(23)18(20)16-11-7-4-8-12-16/h3,5-6,9-10,16,18H,2,4,7-8,11-14H2,1H3. The first kappa shape index (κ1) is 19.0. The highest BCUT2D eigenvalue weighted by Gasteiger charge is 2.31. The number of amides is 1. The zero-order valence-electron chi connectivity index (χ0n) is 14.2. The van der Waals surface area contributed by atoms with Gasteiger partial charge >= 0.3 is 5.97 Å². The van der Waals surface area contributed by atoms with Crippen LogP contribution >= 0.6 is 15.9 Å². The molecule has 24 heavy (non-hydrogen) atoms. The van der Waals surface area contributed by atoms with Gasteiger partial charge in [0.25, 0.3) is 0 Å². The predicted octanol–water partition coefficient (Wildman–Crippen LogP) is 3.92. The SMILES string of the molecule is CCOC(=O)CN(Cc1ccccc1)C(=O)C(Br)C1CCCCC1. The van der Waals surface area contributed by atoms with E-state index in [1.165, 1.54) is 19.3 Å². The number of hydrogen-bond donors (Lipinski definition) is 0. The minimum Gasteiger partial charge on any atom is -0.465 e. The summed E-state index contributed by atoms with van der Waals surface area (Å²) in [7, 11) is 0. The van der Waals surface area contributed by atoms with Crippen molar-refractivity contribution >= 4 is 27.8 Å². The molecule has 1 aliphatic carbocycles. The summed E-state index contributed by atoms with van der Waals surface area (Å²) < 4.78 is 5.04. The van der Waals surface area contributed by atoms with E-state index in [2.05, 4.69) is 15.9 Å². The van der Waals surface area contributed by atoms with Crippen LogP contribution < -0.4 is 0 Å². The van der Waals surface area contributed by atoms with E-state index in [0.29, 0.717) is 19.1 Å². The van der Waals surface area contributed by atoms with Crippen molar-refractivity contribution in [3.05, 3.63) is 35.9 Å². The normalized spacial score (nSPS) is 16.4. The predicted molar refractivity (Wildman–Crippen MR) is 97.8 cm³/mol. The van der Waals surface area contributed by atoms with Gasteiger partial charge in [0.05, 0.1) is 11.4 Å². The minimum atomic E-state index is -0.356. The molecule has 0 spiro atoms. The third-order valence-corrected chi connectivity index (χ3v) is 5.59. The Balaban J connectivity index is 2.07. The summed E-state index contributed by atoms with van der Waals surface area (Å²) in [6.07, 6.45) is 5.74. The maximum Gasteiger partial charge on any atom is 0.325 e. The molecule has 5 heteroatoms. The molecule has 0 aromatic heterocycles. The highest BCUT2D eigenvalue weighted by atomic mass is 79.9. The largest absolute Gasteiger partial charge is 0.465 e. The Labute approximate surface area is 152 Å². The van der Waals surface area contributed by atoms with Gasteiger partial charge in [-0.25, -0.2) is 0 Å². The highest BCUT2D eigenvalue weighted by Crippen LogP contribution is 2.31. The van der Waals surface area contributed by atoms with E-state index < -0.39 is 0 Å². The van der Waals surface area contributed by atoms with E-state index in [1.54, 1.807) is 11.8 Å². The smallest absolute Gasteiger partial charge is 0.325 e. The van der Waals surface area contributed by atoms with Crippen molar-refractivity contribution < 1.29 is 14.3 Å². The van der Waals surface area contributed by atoms with Gasteiger partial charge in [-0.1, -0.05) is 65.5 Å². The quantitative estimate of drug-likeness (QED) is 0.519. The van der Waals surface area contributed by atoms with Crippen LogP contribution in [0.1, 0.15) is 44.6 Å². The molecule has 1 aromatic carbocycles. The Hall–Kier alpha value is -1.36. The molecular weight excluding hydrogens is 370 g/mol. The zero-order chi connectivity index (χ0) is 17.4. The molecule has 1 aliphatic rings. The van der Waals surface area contributed by atoms with Crippen molar-refractivity contribution in [1.29, 1.82) is 0 Å².